The van der Waals surface area contributed by atoms with Crippen molar-refractivity contribution in [3.63, 3.8) is 0 Å². The molecular weight excluding hydrogens is 271 g/mol. The fraction of sp³-hybridized carbons (Fsp3) is 0.385. The fourth-order valence-corrected chi connectivity index (χ4v) is 1.49. The third-order valence-corrected chi connectivity index (χ3v) is 2.68. The maximum atomic E-state index is 13.1. The molecule has 0 N–H and O–H groups in total. The Morgan fingerprint density at radius 3 is 2.94 bits per heavy atom. The van der Waals surface area contributed by atoms with Gasteiger partial charge >= 0.3 is 0 Å². The topological polar surface area (TPSA) is 9.23 Å². The molecule has 0 atom stereocenters. The molecule has 0 unspecified atom stereocenters. The van der Waals surface area contributed by atoms with Crippen LogP contribution >= 0.6 is 15.9 Å². The van der Waals surface area contributed by atoms with E-state index in [1.165, 1.54) is 25.0 Å². The highest BCUT2D eigenvalue weighted by Crippen LogP contribution is 2.30. The highest BCUT2D eigenvalue weighted by Gasteiger charge is 2.22. The largest absolute Gasteiger partial charge is 0.492 e. The van der Waals surface area contributed by atoms with E-state index in [1.54, 1.807) is 6.07 Å². The lowest BCUT2D eigenvalue weighted by molar-refractivity contribution is 0.298. The number of alkyl halides is 1. The lowest BCUT2D eigenvalue weighted by Crippen LogP contribution is -2.00. The number of halogens is 2. The van der Waals surface area contributed by atoms with Crippen molar-refractivity contribution in [3.8, 4) is 17.6 Å². The zero-order valence-corrected chi connectivity index (χ0v) is 10.4. The van der Waals surface area contributed by atoms with Crippen LogP contribution in [-0.4, -0.2) is 11.9 Å². The lowest BCUT2D eigenvalue weighted by Gasteiger charge is -2.07. The summed E-state index contributed by atoms with van der Waals surface area (Å²) in [6, 6.07) is 4.47. The van der Waals surface area contributed by atoms with E-state index in [0.29, 0.717) is 29.2 Å². The van der Waals surface area contributed by atoms with Gasteiger partial charge in [0.15, 0.2) is 0 Å². The van der Waals surface area contributed by atoms with E-state index in [-0.39, 0.29) is 5.82 Å². The van der Waals surface area contributed by atoms with E-state index in [9.17, 15) is 4.39 Å². The van der Waals surface area contributed by atoms with Gasteiger partial charge in [-0.2, -0.15) is 0 Å². The Morgan fingerprint density at radius 1 is 1.44 bits per heavy atom. The lowest BCUT2D eigenvalue weighted by atomic mass is 10.2. The molecule has 16 heavy (non-hydrogen) atoms. The highest BCUT2D eigenvalue weighted by molar-refractivity contribution is 9.09. The molecule has 2 rings (SSSR count). The summed E-state index contributed by atoms with van der Waals surface area (Å²) in [6.45, 7) is 0.717. The molecule has 1 aliphatic carbocycles. The van der Waals surface area contributed by atoms with Gasteiger partial charge in [-0.15, -0.1) is 0 Å². The van der Waals surface area contributed by atoms with E-state index in [0.717, 1.165) is 0 Å². The van der Waals surface area contributed by atoms with Crippen LogP contribution in [0.1, 0.15) is 18.4 Å². The molecule has 84 valence electrons. The summed E-state index contributed by atoms with van der Waals surface area (Å²) >= 11 is 3.21. The molecule has 1 aliphatic rings. The monoisotopic (exact) mass is 282 g/mol. The average molecular weight is 283 g/mol. The first kappa shape index (κ1) is 11.5. The van der Waals surface area contributed by atoms with Crippen molar-refractivity contribution in [1.82, 2.24) is 0 Å². The van der Waals surface area contributed by atoms with Crippen molar-refractivity contribution in [2.45, 2.75) is 12.8 Å². The Balaban J connectivity index is 2.13. The molecular formula is C13H12BrFO. The minimum atomic E-state index is -0.280. The minimum absolute atomic E-state index is 0.280. The van der Waals surface area contributed by atoms with E-state index in [2.05, 4.69) is 27.8 Å². The van der Waals surface area contributed by atoms with Crippen LogP contribution < -0.4 is 4.74 Å². The Morgan fingerprint density at radius 2 is 2.25 bits per heavy atom. The Hall–Kier alpha value is -1.01. The third-order valence-electron chi connectivity index (χ3n) is 2.40. The molecule has 1 aromatic rings. The number of hydrogen-bond acceptors (Lipinski definition) is 1. The van der Waals surface area contributed by atoms with Gasteiger partial charge in [-0.05, 0) is 37.0 Å². The number of benzene rings is 1. The van der Waals surface area contributed by atoms with Gasteiger partial charge in [-0.3, -0.25) is 0 Å². The van der Waals surface area contributed by atoms with Crippen LogP contribution in [-0.2, 0) is 0 Å². The van der Waals surface area contributed by atoms with Gasteiger partial charge in [0.1, 0.15) is 11.6 Å². The van der Waals surface area contributed by atoms with Crippen LogP contribution in [0.3, 0.4) is 0 Å². The summed E-state index contributed by atoms with van der Waals surface area (Å²) in [5.41, 5.74) is 0.625. The van der Waals surface area contributed by atoms with Gasteiger partial charge < -0.3 is 4.74 Å². The summed E-state index contributed by atoms with van der Waals surface area (Å²) in [6.07, 6.45) is 2.48. The molecule has 0 heterocycles. The molecule has 0 aromatic heterocycles. The number of hydrogen-bond donors (Lipinski definition) is 0. The fourth-order valence-electron chi connectivity index (χ4n) is 1.35. The van der Waals surface area contributed by atoms with Crippen LogP contribution in [0.5, 0.6) is 5.75 Å². The highest BCUT2D eigenvalue weighted by atomic mass is 79.9. The van der Waals surface area contributed by atoms with Crippen molar-refractivity contribution in [3.05, 3.63) is 29.6 Å². The van der Waals surface area contributed by atoms with Crippen molar-refractivity contribution in [1.29, 1.82) is 0 Å². The maximum absolute atomic E-state index is 13.1. The summed E-state index contributed by atoms with van der Waals surface area (Å²) in [5.74, 6) is 6.83. The van der Waals surface area contributed by atoms with Crippen molar-refractivity contribution < 1.29 is 9.13 Å². The molecule has 1 fully saturated rings. The number of ether oxygens (including phenoxy) is 1. The van der Waals surface area contributed by atoms with Gasteiger partial charge in [0.05, 0.1) is 17.5 Å². The van der Waals surface area contributed by atoms with Crippen LogP contribution in [0.25, 0.3) is 0 Å². The zero-order chi connectivity index (χ0) is 11.4. The van der Waals surface area contributed by atoms with E-state index >= 15 is 0 Å². The van der Waals surface area contributed by atoms with Crippen molar-refractivity contribution >= 4 is 15.9 Å². The first-order chi connectivity index (χ1) is 7.79. The Kier molecular flexibility index (Phi) is 3.84. The molecule has 0 amide bonds. The molecule has 0 bridgehead atoms. The Bertz CT molecular complexity index is 429. The van der Waals surface area contributed by atoms with Gasteiger partial charge in [-0.1, -0.05) is 27.8 Å². The van der Waals surface area contributed by atoms with Gasteiger partial charge in [-0.25, -0.2) is 4.39 Å². The molecule has 0 aliphatic heterocycles. The standard InChI is InChI=1S/C13H12BrFO/c14-7-1-2-11-8-12(15)5-6-13(11)16-9-10-3-4-10/h5-6,8,10H,3-4,7,9H2. The molecule has 3 heteroatoms. The van der Waals surface area contributed by atoms with Gasteiger partial charge in [0, 0.05) is 0 Å². The normalized spacial score (nSPS) is 14.1. The van der Waals surface area contributed by atoms with Gasteiger partial charge in [0.25, 0.3) is 0 Å². The average Bonchev–Trinajstić information content (AvgIpc) is 3.09. The second-order valence-electron chi connectivity index (χ2n) is 3.83. The summed E-state index contributed by atoms with van der Waals surface area (Å²) in [4.78, 5) is 0. The quantitative estimate of drug-likeness (QED) is 0.610. The maximum Gasteiger partial charge on any atom is 0.135 e. The van der Waals surface area contributed by atoms with Crippen LogP contribution in [0.2, 0.25) is 0 Å². The predicted octanol–water partition coefficient (Wildman–Crippen LogP) is 3.36. The van der Waals surface area contributed by atoms with E-state index < -0.39 is 0 Å². The first-order valence-electron chi connectivity index (χ1n) is 5.27. The summed E-state index contributed by atoms with van der Waals surface area (Å²) in [5, 5.41) is 0.575. The molecule has 1 nitrogen and oxygen atoms in total. The van der Waals surface area contributed by atoms with E-state index in [4.69, 9.17) is 4.74 Å². The smallest absolute Gasteiger partial charge is 0.135 e. The molecule has 0 saturated heterocycles. The van der Waals surface area contributed by atoms with Crippen molar-refractivity contribution in [2.24, 2.45) is 5.92 Å². The third kappa shape index (κ3) is 3.24. The van der Waals surface area contributed by atoms with Crippen LogP contribution in [0.4, 0.5) is 4.39 Å². The second-order valence-corrected chi connectivity index (χ2v) is 4.39. The van der Waals surface area contributed by atoms with Crippen LogP contribution in [0.15, 0.2) is 18.2 Å². The van der Waals surface area contributed by atoms with Gasteiger partial charge in [0.2, 0.25) is 0 Å². The van der Waals surface area contributed by atoms with Crippen LogP contribution in [0, 0.1) is 23.6 Å². The first-order valence-corrected chi connectivity index (χ1v) is 6.39. The predicted molar refractivity (Wildman–Crippen MR) is 65.3 cm³/mol. The summed E-state index contributed by atoms with van der Waals surface area (Å²) in [7, 11) is 0. The minimum Gasteiger partial charge on any atom is -0.492 e. The second kappa shape index (κ2) is 5.36. The molecule has 1 saturated carbocycles. The molecule has 1 aromatic carbocycles. The molecule has 0 radical (unpaired) electrons. The zero-order valence-electron chi connectivity index (χ0n) is 8.80. The molecule has 0 spiro atoms. The number of rotatable bonds is 3. The Labute approximate surface area is 103 Å². The van der Waals surface area contributed by atoms with E-state index in [1.807, 2.05) is 0 Å². The SMILES string of the molecule is Fc1ccc(OCC2CC2)c(C#CCBr)c1. The van der Waals surface area contributed by atoms with Crippen molar-refractivity contribution in [2.75, 3.05) is 11.9 Å². The summed E-state index contributed by atoms with van der Waals surface area (Å²) < 4.78 is 18.7.